The van der Waals surface area contributed by atoms with Gasteiger partial charge in [0.15, 0.2) is 5.60 Å². The molecule has 0 bridgehead atoms. The first-order chi connectivity index (χ1) is 12.9. The standard InChI is InChI=1S/C9H16O5.C7H14O3.C2H3ClO2.ClH/c1-6(2)13-7(10)9(3,4)14-8(11)12-5;1-5(2)10-6(8)7(3,4)9;1-5-2(3)4;/h6H,1-5H3;5,9H,1-4H3;1H3;1H. The SMILES string of the molecule is CC(C)OC(=O)C(C)(C)O.COC(=O)Cl.COC(=O)OC(C)(C)C(=O)OC(C)C.Cl. The Labute approximate surface area is 188 Å². The van der Waals surface area contributed by atoms with Crippen molar-refractivity contribution in [2.45, 2.75) is 78.8 Å². The first kappa shape index (κ1) is 35.6. The van der Waals surface area contributed by atoms with Gasteiger partial charge in [-0.1, -0.05) is 0 Å². The van der Waals surface area contributed by atoms with Crippen LogP contribution >= 0.6 is 24.0 Å². The van der Waals surface area contributed by atoms with Crippen molar-refractivity contribution in [3.63, 3.8) is 0 Å². The summed E-state index contributed by atoms with van der Waals surface area (Å²) in [5.41, 5.74) is -3.47. The molecule has 10 nitrogen and oxygen atoms in total. The number of hydrogen-bond acceptors (Lipinski definition) is 10. The molecule has 1 N–H and O–H groups in total. The number of hydrogen-bond donors (Lipinski definition) is 1. The van der Waals surface area contributed by atoms with E-state index < -0.39 is 34.7 Å². The summed E-state index contributed by atoms with van der Waals surface area (Å²) in [6, 6.07) is 0. The van der Waals surface area contributed by atoms with Gasteiger partial charge in [-0.2, -0.15) is 0 Å². The first-order valence-corrected chi connectivity index (χ1v) is 8.93. The van der Waals surface area contributed by atoms with Crippen molar-refractivity contribution < 1.29 is 48.0 Å². The van der Waals surface area contributed by atoms with Gasteiger partial charge in [-0.05, 0) is 55.4 Å². The van der Waals surface area contributed by atoms with Gasteiger partial charge in [0, 0.05) is 11.6 Å². The summed E-state index contributed by atoms with van der Waals surface area (Å²) in [5.74, 6) is -1.18. The lowest BCUT2D eigenvalue weighted by Gasteiger charge is -2.23. The summed E-state index contributed by atoms with van der Waals surface area (Å²) >= 11 is 4.60. The second kappa shape index (κ2) is 17.0. The lowest BCUT2D eigenvalue weighted by atomic mass is 10.1. The number of ether oxygens (including phenoxy) is 5. The molecular formula is C18H34Cl2O10. The van der Waals surface area contributed by atoms with Crippen molar-refractivity contribution in [3.8, 4) is 0 Å². The minimum absolute atomic E-state index is 0. The van der Waals surface area contributed by atoms with E-state index in [1.807, 2.05) is 0 Å². The van der Waals surface area contributed by atoms with E-state index in [2.05, 4.69) is 21.1 Å². The smallest absolute Gasteiger partial charge is 0.461 e. The summed E-state index contributed by atoms with van der Waals surface area (Å²) < 4.78 is 22.5. The normalized spacial score (nSPS) is 10.2. The van der Waals surface area contributed by atoms with Gasteiger partial charge >= 0.3 is 23.5 Å². The molecule has 0 rings (SSSR count). The molecule has 0 aromatic heterocycles. The first-order valence-electron chi connectivity index (χ1n) is 8.55. The van der Waals surface area contributed by atoms with Crippen molar-refractivity contribution in [1.29, 1.82) is 0 Å². The third-order valence-corrected chi connectivity index (χ3v) is 2.50. The van der Waals surface area contributed by atoms with Crippen LogP contribution in [0.25, 0.3) is 0 Å². The van der Waals surface area contributed by atoms with Crippen LogP contribution in [-0.2, 0) is 33.3 Å². The molecule has 0 aliphatic heterocycles. The summed E-state index contributed by atoms with van der Waals surface area (Å²) in [4.78, 5) is 42.3. The molecule has 0 atom stereocenters. The monoisotopic (exact) mass is 480 g/mol. The number of methoxy groups -OCH3 is 2. The van der Waals surface area contributed by atoms with Crippen LogP contribution in [-0.4, -0.2) is 66.3 Å². The van der Waals surface area contributed by atoms with Gasteiger partial charge in [0.05, 0.1) is 26.4 Å². The van der Waals surface area contributed by atoms with Crippen LogP contribution in [0.3, 0.4) is 0 Å². The second-order valence-electron chi connectivity index (χ2n) is 6.98. The maximum Gasteiger partial charge on any atom is 0.509 e. The Morgan fingerprint density at radius 3 is 1.33 bits per heavy atom. The summed E-state index contributed by atoms with van der Waals surface area (Å²) in [6.45, 7) is 12.6. The molecule has 0 fully saturated rings. The highest BCUT2D eigenvalue weighted by molar-refractivity contribution is 6.61. The molecule has 0 aromatic rings. The molecule has 0 aliphatic rings. The lowest BCUT2D eigenvalue weighted by molar-refractivity contribution is -0.168. The summed E-state index contributed by atoms with van der Waals surface area (Å²) in [7, 11) is 2.39. The van der Waals surface area contributed by atoms with Crippen LogP contribution in [0.15, 0.2) is 0 Å². The zero-order chi connectivity index (χ0) is 24.0. The van der Waals surface area contributed by atoms with Crippen LogP contribution in [0.1, 0.15) is 55.4 Å². The number of esters is 2. The Morgan fingerprint density at radius 2 is 1.13 bits per heavy atom. The van der Waals surface area contributed by atoms with E-state index in [1.54, 1.807) is 27.7 Å². The highest BCUT2D eigenvalue weighted by Crippen LogP contribution is 2.13. The van der Waals surface area contributed by atoms with Gasteiger partial charge in [-0.15, -0.1) is 12.4 Å². The summed E-state index contributed by atoms with van der Waals surface area (Å²) in [5, 5.41) is 9.06. The molecule has 0 aromatic carbocycles. The lowest BCUT2D eigenvalue weighted by Crippen LogP contribution is -2.39. The van der Waals surface area contributed by atoms with Crippen molar-refractivity contribution in [2.75, 3.05) is 14.2 Å². The third-order valence-electron chi connectivity index (χ3n) is 2.34. The van der Waals surface area contributed by atoms with Crippen LogP contribution in [0.5, 0.6) is 0 Å². The Morgan fingerprint density at radius 1 is 0.800 bits per heavy atom. The maximum atomic E-state index is 11.4. The molecule has 0 aliphatic carbocycles. The van der Waals surface area contributed by atoms with Crippen molar-refractivity contribution in [2.24, 2.45) is 0 Å². The van der Waals surface area contributed by atoms with E-state index in [9.17, 15) is 19.2 Å². The molecule has 0 unspecified atom stereocenters. The van der Waals surface area contributed by atoms with Gasteiger partial charge in [0.25, 0.3) is 0 Å². The van der Waals surface area contributed by atoms with E-state index in [0.717, 1.165) is 0 Å². The number of halogens is 2. The highest BCUT2D eigenvalue weighted by atomic mass is 35.5. The van der Waals surface area contributed by atoms with Gasteiger partial charge in [0.1, 0.15) is 0 Å². The van der Waals surface area contributed by atoms with Crippen molar-refractivity contribution in [1.82, 2.24) is 0 Å². The number of rotatable bonds is 5. The van der Waals surface area contributed by atoms with Gasteiger partial charge in [-0.3, -0.25) is 0 Å². The Balaban J connectivity index is -0.000000185. The number of carbonyl (C=O) groups excluding carboxylic acids is 4. The molecule has 0 heterocycles. The predicted molar refractivity (Wildman–Crippen MR) is 112 cm³/mol. The van der Waals surface area contributed by atoms with E-state index in [4.69, 9.17) is 19.3 Å². The minimum atomic E-state index is -1.37. The molecule has 0 amide bonds. The molecule has 30 heavy (non-hydrogen) atoms. The largest absolute Gasteiger partial charge is 0.509 e. The fourth-order valence-electron chi connectivity index (χ4n) is 1.01. The van der Waals surface area contributed by atoms with Crippen LogP contribution < -0.4 is 0 Å². The van der Waals surface area contributed by atoms with Gasteiger partial charge < -0.3 is 28.8 Å². The van der Waals surface area contributed by atoms with Gasteiger partial charge in [-0.25, -0.2) is 19.2 Å². The minimum Gasteiger partial charge on any atom is -0.461 e. The van der Waals surface area contributed by atoms with Crippen LogP contribution in [0.2, 0.25) is 0 Å². The predicted octanol–water partition coefficient (Wildman–Crippen LogP) is 3.62. The fourth-order valence-corrected chi connectivity index (χ4v) is 1.01. The quantitative estimate of drug-likeness (QED) is 0.352. The molecular weight excluding hydrogens is 447 g/mol. The average molecular weight is 481 g/mol. The molecule has 180 valence electrons. The van der Waals surface area contributed by atoms with Crippen LogP contribution in [0, 0.1) is 0 Å². The molecule has 0 spiro atoms. The summed E-state index contributed by atoms with van der Waals surface area (Å²) in [6.07, 6.45) is -1.32. The average Bonchev–Trinajstić information content (AvgIpc) is 2.53. The molecule has 0 saturated carbocycles. The van der Waals surface area contributed by atoms with E-state index >= 15 is 0 Å². The third kappa shape index (κ3) is 22.5. The Kier molecular flexibility index (Phi) is 20.1. The topological polar surface area (TPSA) is 135 Å². The van der Waals surface area contributed by atoms with E-state index in [-0.39, 0.29) is 24.6 Å². The Hall–Kier alpha value is -1.78. The molecule has 12 heteroatoms. The number of carbonyl (C=O) groups is 4. The van der Waals surface area contributed by atoms with Gasteiger partial charge in [0.2, 0.25) is 5.60 Å². The fraction of sp³-hybridized carbons (Fsp3) is 0.778. The second-order valence-corrected chi connectivity index (χ2v) is 7.28. The zero-order valence-electron chi connectivity index (χ0n) is 19.1. The highest BCUT2D eigenvalue weighted by Gasteiger charge is 2.34. The molecule has 0 radical (unpaired) electrons. The van der Waals surface area contributed by atoms with Crippen molar-refractivity contribution in [3.05, 3.63) is 0 Å². The van der Waals surface area contributed by atoms with Crippen molar-refractivity contribution >= 4 is 47.5 Å². The van der Waals surface area contributed by atoms with E-state index in [1.165, 1.54) is 41.9 Å². The molecule has 0 saturated heterocycles. The Bertz CT molecular complexity index is 526. The zero-order valence-corrected chi connectivity index (χ0v) is 20.6. The van der Waals surface area contributed by atoms with Crippen LogP contribution in [0.4, 0.5) is 9.59 Å². The van der Waals surface area contributed by atoms with E-state index in [0.29, 0.717) is 0 Å². The maximum absolute atomic E-state index is 11.4. The number of aliphatic hydroxyl groups is 1.